The number of hydrogen-bond acceptors (Lipinski definition) is 4. The molecule has 1 heterocycles. The van der Waals surface area contributed by atoms with Gasteiger partial charge in [0.1, 0.15) is 0 Å². The summed E-state index contributed by atoms with van der Waals surface area (Å²) < 4.78 is 5.44. The smallest absolute Gasteiger partial charge is 0.0628 e. The van der Waals surface area contributed by atoms with Gasteiger partial charge in [-0.2, -0.15) is 0 Å². The molecular weight excluding hydrogens is 240 g/mol. The molecule has 1 saturated heterocycles. The van der Waals surface area contributed by atoms with Gasteiger partial charge in [0.25, 0.3) is 0 Å². The summed E-state index contributed by atoms with van der Waals surface area (Å²) in [5, 5.41) is 13.6. The maximum atomic E-state index is 9.95. The van der Waals surface area contributed by atoms with Crippen LogP contribution in [0.3, 0.4) is 0 Å². The lowest BCUT2D eigenvalue weighted by Crippen LogP contribution is -2.59. The Morgan fingerprint density at radius 2 is 1.95 bits per heavy atom. The Kier molecular flexibility index (Phi) is 5.63. The van der Waals surface area contributed by atoms with Crippen molar-refractivity contribution in [2.45, 2.75) is 50.6 Å². The molecule has 0 spiro atoms. The Balaban J connectivity index is 1.93. The van der Waals surface area contributed by atoms with Crippen molar-refractivity contribution in [2.75, 3.05) is 40.0 Å². The molecule has 0 aromatic heterocycles. The molecule has 1 atom stereocenters. The zero-order valence-corrected chi connectivity index (χ0v) is 12.5. The third-order valence-electron chi connectivity index (χ3n) is 4.71. The number of ether oxygens (including phenoxy) is 1. The molecule has 19 heavy (non-hydrogen) atoms. The Morgan fingerprint density at radius 3 is 2.47 bits per heavy atom. The van der Waals surface area contributed by atoms with Crippen LogP contribution in [0.4, 0.5) is 0 Å². The van der Waals surface area contributed by atoms with Crippen molar-refractivity contribution in [2.24, 2.45) is 5.92 Å². The Bertz CT molecular complexity index is 265. The molecule has 2 N–H and O–H groups in total. The van der Waals surface area contributed by atoms with Gasteiger partial charge >= 0.3 is 0 Å². The third kappa shape index (κ3) is 3.91. The van der Waals surface area contributed by atoms with Crippen LogP contribution in [0, 0.1) is 5.92 Å². The van der Waals surface area contributed by atoms with E-state index in [4.69, 9.17) is 4.74 Å². The van der Waals surface area contributed by atoms with Crippen LogP contribution in [-0.4, -0.2) is 61.5 Å². The van der Waals surface area contributed by atoms with Crippen molar-refractivity contribution in [3.8, 4) is 0 Å². The van der Waals surface area contributed by atoms with Crippen molar-refractivity contribution < 1.29 is 9.84 Å². The highest BCUT2D eigenvalue weighted by Crippen LogP contribution is 2.40. The highest BCUT2D eigenvalue weighted by atomic mass is 16.5. The Morgan fingerprint density at radius 1 is 1.26 bits per heavy atom. The zero-order valence-electron chi connectivity index (χ0n) is 12.5. The maximum absolute atomic E-state index is 9.95. The predicted octanol–water partition coefficient (Wildman–Crippen LogP) is 1.24. The highest BCUT2D eigenvalue weighted by Gasteiger charge is 2.45. The number of aliphatic hydroxyl groups excluding tert-OH is 1. The monoisotopic (exact) mass is 270 g/mol. The van der Waals surface area contributed by atoms with Crippen molar-refractivity contribution in [3.05, 3.63) is 0 Å². The largest absolute Gasteiger partial charge is 0.394 e. The molecule has 1 aliphatic heterocycles. The molecule has 1 unspecified atom stereocenters. The normalized spacial score (nSPS) is 24.6. The molecular formula is C15H30N2O2. The van der Waals surface area contributed by atoms with E-state index >= 15 is 0 Å². The van der Waals surface area contributed by atoms with Crippen molar-refractivity contribution in [1.82, 2.24) is 10.2 Å². The minimum Gasteiger partial charge on any atom is -0.394 e. The first-order valence-corrected chi connectivity index (χ1v) is 7.85. The second-order valence-electron chi connectivity index (χ2n) is 6.27. The van der Waals surface area contributed by atoms with Crippen LogP contribution in [0.25, 0.3) is 0 Å². The first-order valence-electron chi connectivity index (χ1n) is 7.85. The van der Waals surface area contributed by atoms with E-state index in [0.29, 0.717) is 12.0 Å². The topological polar surface area (TPSA) is 44.7 Å². The number of nitrogens with zero attached hydrogens (tertiary/aromatic N) is 1. The molecule has 2 fully saturated rings. The van der Waals surface area contributed by atoms with E-state index in [9.17, 15) is 5.11 Å². The van der Waals surface area contributed by atoms with Gasteiger partial charge in [-0.05, 0) is 51.6 Å². The Labute approximate surface area is 117 Å². The molecule has 0 radical (unpaired) electrons. The summed E-state index contributed by atoms with van der Waals surface area (Å²) in [7, 11) is 2.20. The summed E-state index contributed by atoms with van der Waals surface area (Å²) in [4.78, 5) is 2.44. The van der Waals surface area contributed by atoms with E-state index in [2.05, 4.69) is 24.2 Å². The lowest BCUT2D eigenvalue weighted by Gasteiger charge is -2.41. The second kappa shape index (κ2) is 7.02. The van der Waals surface area contributed by atoms with Crippen LogP contribution in [0.1, 0.15) is 39.0 Å². The molecule has 2 rings (SSSR count). The summed E-state index contributed by atoms with van der Waals surface area (Å²) >= 11 is 0. The van der Waals surface area contributed by atoms with Crippen molar-refractivity contribution in [3.63, 3.8) is 0 Å². The second-order valence-corrected chi connectivity index (χ2v) is 6.27. The van der Waals surface area contributed by atoms with Gasteiger partial charge in [-0.3, -0.25) is 0 Å². The van der Waals surface area contributed by atoms with Gasteiger partial charge < -0.3 is 20.1 Å². The Hall–Kier alpha value is -0.160. The highest BCUT2D eigenvalue weighted by molar-refractivity contribution is 5.03. The van der Waals surface area contributed by atoms with Crippen LogP contribution < -0.4 is 5.32 Å². The number of hydrogen-bond donors (Lipinski definition) is 2. The van der Waals surface area contributed by atoms with Gasteiger partial charge in [-0.15, -0.1) is 0 Å². The molecule has 4 heteroatoms. The van der Waals surface area contributed by atoms with Gasteiger partial charge in [0.15, 0.2) is 0 Å². The summed E-state index contributed by atoms with van der Waals surface area (Å²) in [5.74, 6) is 0.659. The van der Waals surface area contributed by atoms with Crippen molar-refractivity contribution >= 4 is 0 Å². The number of likely N-dealkylation sites (N-methyl/N-ethyl adjacent to an activating group) is 1. The first-order chi connectivity index (χ1) is 9.22. The van der Waals surface area contributed by atoms with Crippen molar-refractivity contribution in [1.29, 1.82) is 0 Å². The molecule has 0 bridgehead atoms. The van der Waals surface area contributed by atoms with E-state index in [0.717, 1.165) is 45.6 Å². The molecule has 0 aromatic rings. The molecule has 0 amide bonds. The summed E-state index contributed by atoms with van der Waals surface area (Å²) in [5.41, 5.74) is -0.0803. The van der Waals surface area contributed by atoms with E-state index in [1.165, 1.54) is 12.8 Å². The van der Waals surface area contributed by atoms with E-state index in [-0.39, 0.29) is 12.1 Å². The lowest BCUT2D eigenvalue weighted by atomic mass is 9.92. The minimum absolute atomic E-state index is 0.0803. The van der Waals surface area contributed by atoms with E-state index in [1.54, 1.807) is 0 Å². The van der Waals surface area contributed by atoms with Crippen LogP contribution in [0.2, 0.25) is 0 Å². The average Bonchev–Trinajstić information content (AvgIpc) is 3.29. The number of nitrogens with one attached hydrogen (secondary N) is 1. The van der Waals surface area contributed by atoms with Gasteiger partial charge in [-0.1, -0.05) is 6.92 Å². The fraction of sp³-hybridized carbons (Fsp3) is 1.00. The van der Waals surface area contributed by atoms with Crippen LogP contribution in [-0.2, 0) is 4.74 Å². The predicted molar refractivity (Wildman–Crippen MR) is 77.3 cm³/mol. The molecule has 2 aliphatic rings. The van der Waals surface area contributed by atoms with Gasteiger partial charge in [0, 0.05) is 25.8 Å². The standard InChI is InChI=1S/C15H30N2O2/c1-3-8-16-15(12-18,13-4-5-13)11-17(2)14-6-9-19-10-7-14/h13-14,16,18H,3-12H2,1-2H3. The SMILES string of the molecule is CCCNC(CO)(CN(C)C1CCOCC1)C1CC1. The fourth-order valence-electron chi connectivity index (χ4n) is 3.27. The van der Waals surface area contributed by atoms with Crippen LogP contribution in [0.15, 0.2) is 0 Å². The summed E-state index contributed by atoms with van der Waals surface area (Å²) in [6, 6.07) is 0.613. The quantitative estimate of drug-likeness (QED) is 0.696. The summed E-state index contributed by atoms with van der Waals surface area (Å²) in [6.07, 6.45) is 5.89. The molecule has 112 valence electrons. The van der Waals surface area contributed by atoms with Crippen LogP contribution >= 0.6 is 0 Å². The van der Waals surface area contributed by atoms with Gasteiger partial charge in [0.05, 0.1) is 12.1 Å². The molecule has 0 aromatic carbocycles. The molecule has 1 aliphatic carbocycles. The zero-order chi connectivity index (χ0) is 13.7. The maximum Gasteiger partial charge on any atom is 0.0628 e. The van der Waals surface area contributed by atoms with E-state index in [1.807, 2.05) is 0 Å². The molecule has 4 nitrogen and oxygen atoms in total. The van der Waals surface area contributed by atoms with Gasteiger partial charge in [-0.25, -0.2) is 0 Å². The van der Waals surface area contributed by atoms with Gasteiger partial charge in [0.2, 0.25) is 0 Å². The first kappa shape index (κ1) is 15.2. The van der Waals surface area contributed by atoms with E-state index < -0.39 is 0 Å². The van der Waals surface area contributed by atoms with Crippen LogP contribution in [0.5, 0.6) is 0 Å². The molecule has 1 saturated carbocycles. The summed E-state index contributed by atoms with van der Waals surface area (Å²) in [6.45, 7) is 6.16. The lowest BCUT2D eigenvalue weighted by molar-refractivity contribution is 0.0211. The number of rotatable bonds is 8. The average molecular weight is 270 g/mol. The minimum atomic E-state index is -0.0803. The number of aliphatic hydroxyl groups is 1. The fourth-order valence-corrected chi connectivity index (χ4v) is 3.27. The third-order valence-corrected chi connectivity index (χ3v) is 4.71.